The third-order valence-electron chi connectivity index (χ3n) is 6.08. The van der Waals surface area contributed by atoms with Gasteiger partial charge in [0.1, 0.15) is 34.7 Å². The lowest BCUT2D eigenvalue weighted by Gasteiger charge is -2.26. The average molecular weight is 527 g/mol. The Morgan fingerprint density at radius 3 is 2.83 bits per heavy atom. The van der Waals surface area contributed by atoms with Crippen LogP contribution in [0, 0.1) is 0 Å². The summed E-state index contributed by atoms with van der Waals surface area (Å²) in [5, 5.41) is 0.601. The normalized spacial score (nSPS) is 15.2. The second kappa shape index (κ2) is 10.9. The average Bonchev–Trinajstić information content (AvgIpc) is 3.49. The summed E-state index contributed by atoms with van der Waals surface area (Å²) in [4.78, 5) is 20.2. The lowest BCUT2D eigenvalue weighted by molar-refractivity contribution is 0.0322. The van der Waals surface area contributed by atoms with Gasteiger partial charge in [-0.1, -0.05) is 29.8 Å². The van der Waals surface area contributed by atoms with Crippen molar-refractivity contribution in [3.63, 3.8) is 0 Å². The van der Waals surface area contributed by atoms with Crippen LogP contribution in [0.5, 0.6) is 11.5 Å². The number of fused-ring (bicyclic) bond motifs is 1. The molecule has 0 radical (unpaired) electrons. The molecule has 1 aliphatic rings. The monoisotopic (exact) mass is 526 g/mol. The highest BCUT2D eigenvalue weighted by Gasteiger charge is 2.21. The van der Waals surface area contributed by atoms with Crippen molar-refractivity contribution in [1.82, 2.24) is 14.3 Å². The molecule has 4 heterocycles. The second-order valence-corrected chi connectivity index (χ2v) is 9.95. The van der Waals surface area contributed by atoms with Crippen molar-refractivity contribution in [2.24, 2.45) is 5.73 Å². The smallest absolute Gasteiger partial charge is 0.262 e. The van der Waals surface area contributed by atoms with Crippen LogP contribution in [0.2, 0.25) is 5.02 Å². The topological polar surface area (TPSA) is 91.3 Å². The fourth-order valence-corrected chi connectivity index (χ4v) is 5.40. The van der Waals surface area contributed by atoms with Gasteiger partial charge in [0.2, 0.25) is 0 Å². The molecule has 1 amide bonds. The van der Waals surface area contributed by atoms with E-state index in [2.05, 4.69) is 9.88 Å². The molecular formula is C26H27ClN4O4S. The number of imidazole rings is 1. The Morgan fingerprint density at radius 2 is 2.06 bits per heavy atom. The third kappa shape index (κ3) is 5.34. The molecule has 0 saturated carbocycles. The van der Waals surface area contributed by atoms with Gasteiger partial charge in [0.25, 0.3) is 5.91 Å². The predicted octanol–water partition coefficient (Wildman–Crippen LogP) is 4.67. The highest BCUT2D eigenvalue weighted by atomic mass is 35.5. The standard InChI is InChI=1S/C26H27ClN4O4S/c1-17(19-4-2-3-5-20(19)27)35-22-14-23(36-25(22)26(28)32)21-15-29-24-7-6-18(16-31(21)24)34-13-10-30-8-11-33-12-9-30/h2-7,14-17H,8-13H2,1H3,(H2,28,32). The zero-order chi connectivity index (χ0) is 25.1. The van der Waals surface area contributed by atoms with Crippen molar-refractivity contribution < 1.29 is 19.0 Å². The number of carbonyl (C=O) groups is 1. The van der Waals surface area contributed by atoms with E-state index in [4.69, 9.17) is 31.5 Å². The lowest BCUT2D eigenvalue weighted by atomic mass is 10.1. The summed E-state index contributed by atoms with van der Waals surface area (Å²) in [6.07, 6.45) is 3.31. The van der Waals surface area contributed by atoms with E-state index in [1.54, 1.807) is 6.20 Å². The quantitative estimate of drug-likeness (QED) is 0.341. The molecule has 0 bridgehead atoms. The van der Waals surface area contributed by atoms with Crippen LogP contribution in [-0.4, -0.2) is 59.6 Å². The zero-order valence-electron chi connectivity index (χ0n) is 19.9. The Kier molecular flexibility index (Phi) is 7.43. The maximum Gasteiger partial charge on any atom is 0.262 e. The van der Waals surface area contributed by atoms with E-state index in [1.165, 1.54) is 11.3 Å². The molecule has 0 aliphatic carbocycles. The number of hydrogen-bond acceptors (Lipinski definition) is 7. The van der Waals surface area contributed by atoms with Crippen LogP contribution in [0.25, 0.3) is 16.2 Å². The van der Waals surface area contributed by atoms with E-state index in [-0.39, 0.29) is 6.10 Å². The summed E-state index contributed by atoms with van der Waals surface area (Å²) in [7, 11) is 0. The zero-order valence-corrected chi connectivity index (χ0v) is 21.4. The van der Waals surface area contributed by atoms with Gasteiger partial charge < -0.3 is 19.9 Å². The summed E-state index contributed by atoms with van der Waals surface area (Å²) < 4.78 is 19.5. The van der Waals surface area contributed by atoms with Gasteiger partial charge in [-0.05, 0) is 25.1 Å². The lowest BCUT2D eigenvalue weighted by Crippen LogP contribution is -2.38. The van der Waals surface area contributed by atoms with Gasteiger partial charge in [-0.15, -0.1) is 11.3 Å². The van der Waals surface area contributed by atoms with Crippen LogP contribution in [0.4, 0.5) is 0 Å². The maximum absolute atomic E-state index is 12.2. The van der Waals surface area contributed by atoms with Crippen molar-refractivity contribution in [2.45, 2.75) is 13.0 Å². The molecule has 1 atom stereocenters. The second-order valence-electron chi connectivity index (χ2n) is 8.49. The Bertz CT molecular complexity index is 1370. The van der Waals surface area contributed by atoms with Gasteiger partial charge in [0.15, 0.2) is 0 Å². The van der Waals surface area contributed by atoms with Crippen molar-refractivity contribution in [2.75, 3.05) is 39.5 Å². The summed E-state index contributed by atoms with van der Waals surface area (Å²) >= 11 is 7.61. The first kappa shape index (κ1) is 24.6. The summed E-state index contributed by atoms with van der Waals surface area (Å²) in [5.74, 6) is 0.613. The van der Waals surface area contributed by atoms with E-state index in [0.29, 0.717) is 22.3 Å². The van der Waals surface area contributed by atoms with Crippen molar-refractivity contribution in [3.8, 4) is 22.1 Å². The number of pyridine rings is 1. The van der Waals surface area contributed by atoms with Crippen molar-refractivity contribution in [3.05, 3.63) is 70.3 Å². The van der Waals surface area contributed by atoms with Crippen molar-refractivity contribution in [1.29, 1.82) is 0 Å². The Balaban J connectivity index is 1.37. The van der Waals surface area contributed by atoms with Gasteiger partial charge in [-0.25, -0.2) is 4.98 Å². The Labute approximate surface area is 218 Å². The first-order chi connectivity index (χ1) is 17.5. The minimum atomic E-state index is -0.548. The van der Waals surface area contributed by atoms with Crippen LogP contribution in [0.3, 0.4) is 0 Å². The summed E-state index contributed by atoms with van der Waals surface area (Å²) in [5.41, 5.74) is 8.11. The molecule has 1 aliphatic heterocycles. The molecule has 1 saturated heterocycles. The first-order valence-electron chi connectivity index (χ1n) is 11.7. The molecule has 5 rings (SSSR count). The molecule has 1 fully saturated rings. The highest BCUT2D eigenvalue weighted by molar-refractivity contribution is 7.17. The minimum Gasteiger partial charge on any atom is -0.491 e. The number of halogens is 1. The Morgan fingerprint density at radius 1 is 1.25 bits per heavy atom. The largest absolute Gasteiger partial charge is 0.491 e. The molecule has 10 heteroatoms. The van der Waals surface area contributed by atoms with Crippen LogP contribution >= 0.6 is 22.9 Å². The van der Waals surface area contributed by atoms with Gasteiger partial charge >= 0.3 is 0 Å². The van der Waals surface area contributed by atoms with Gasteiger partial charge in [-0.2, -0.15) is 0 Å². The van der Waals surface area contributed by atoms with E-state index in [9.17, 15) is 4.79 Å². The van der Waals surface area contributed by atoms with Crippen LogP contribution in [0.1, 0.15) is 28.3 Å². The predicted molar refractivity (Wildman–Crippen MR) is 140 cm³/mol. The maximum atomic E-state index is 12.2. The number of nitrogens with zero attached hydrogens (tertiary/aromatic N) is 3. The number of benzene rings is 1. The van der Waals surface area contributed by atoms with Gasteiger partial charge in [0.05, 0.1) is 36.2 Å². The molecule has 1 aromatic carbocycles. The minimum absolute atomic E-state index is 0.344. The van der Waals surface area contributed by atoms with Crippen LogP contribution in [-0.2, 0) is 4.74 Å². The number of rotatable bonds is 9. The van der Waals surface area contributed by atoms with Gasteiger partial charge in [-0.3, -0.25) is 14.1 Å². The SMILES string of the molecule is CC(Oc1cc(-c2cnc3ccc(OCCN4CCOCC4)cn23)sc1C(N)=O)c1ccccc1Cl. The molecule has 2 N–H and O–H groups in total. The molecular weight excluding hydrogens is 500 g/mol. The number of nitrogens with two attached hydrogens (primary N) is 1. The first-order valence-corrected chi connectivity index (χ1v) is 12.9. The number of carbonyl (C=O) groups excluding carboxylic acids is 1. The molecule has 36 heavy (non-hydrogen) atoms. The third-order valence-corrected chi connectivity index (χ3v) is 7.58. The van der Waals surface area contributed by atoms with E-state index in [0.717, 1.165) is 60.4 Å². The number of primary amides is 1. The van der Waals surface area contributed by atoms with Crippen LogP contribution in [0.15, 0.2) is 54.9 Å². The number of aromatic nitrogens is 2. The van der Waals surface area contributed by atoms with E-state index >= 15 is 0 Å². The molecule has 4 aromatic rings. The fraction of sp³-hybridized carbons (Fsp3) is 0.308. The summed E-state index contributed by atoms with van der Waals surface area (Å²) in [6.45, 7) is 6.69. The number of morpholine rings is 1. The Hall–Kier alpha value is -3.11. The molecule has 188 valence electrons. The summed E-state index contributed by atoms with van der Waals surface area (Å²) in [6, 6.07) is 13.1. The van der Waals surface area contributed by atoms with Gasteiger partial charge in [0, 0.05) is 36.3 Å². The molecule has 1 unspecified atom stereocenters. The van der Waals surface area contributed by atoms with Crippen molar-refractivity contribution >= 4 is 34.5 Å². The molecule has 8 nitrogen and oxygen atoms in total. The molecule has 0 spiro atoms. The number of ether oxygens (including phenoxy) is 3. The molecule has 3 aromatic heterocycles. The van der Waals surface area contributed by atoms with E-state index < -0.39 is 5.91 Å². The van der Waals surface area contributed by atoms with Crippen LogP contribution < -0.4 is 15.2 Å². The van der Waals surface area contributed by atoms with E-state index in [1.807, 2.05) is 60.0 Å². The number of amides is 1. The fourth-order valence-electron chi connectivity index (χ4n) is 4.16. The highest BCUT2D eigenvalue weighted by Crippen LogP contribution is 2.39. The number of hydrogen-bond donors (Lipinski definition) is 1. The number of thiophene rings is 1.